The van der Waals surface area contributed by atoms with E-state index in [1.165, 1.54) is 7.11 Å². The molecule has 0 spiro atoms. The van der Waals surface area contributed by atoms with Gasteiger partial charge in [0, 0.05) is 12.7 Å². The fourth-order valence-electron chi connectivity index (χ4n) is 2.57. The minimum atomic E-state index is -0.226. The number of rotatable bonds is 8. The first-order chi connectivity index (χ1) is 12.0. The SMILES string of the molecule is COCC(=O)Nc1c(-c2ccc(OC)c(OC)c2)n[nH]c1CC(C)C. The van der Waals surface area contributed by atoms with Gasteiger partial charge in [0.25, 0.3) is 0 Å². The minimum absolute atomic E-state index is 0.0162. The van der Waals surface area contributed by atoms with Gasteiger partial charge < -0.3 is 19.5 Å². The molecule has 1 amide bonds. The van der Waals surface area contributed by atoms with Gasteiger partial charge in [0.2, 0.25) is 5.91 Å². The molecule has 1 aromatic heterocycles. The van der Waals surface area contributed by atoms with E-state index in [0.29, 0.717) is 28.8 Å². The summed E-state index contributed by atoms with van der Waals surface area (Å²) in [6.45, 7) is 4.20. The second-order valence-corrected chi connectivity index (χ2v) is 6.07. The molecule has 7 nitrogen and oxygen atoms in total. The molecule has 0 aliphatic heterocycles. The van der Waals surface area contributed by atoms with Crippen LogP contribution in [0.3, 0.4) is 0 Å². The summed E-state index contributed by atoms with van der Waals surface area (Å²) in [6.07, 6.45) is 0.767. The van der Waals surface area contributed by atoms with E-state index in [-0.39, 0.29) is 12.5 Å². The summed E-state index contributed by atoms with van der Waals surface area (Å²) in [5.74, 6) is 1.42. The fraction of sp³-hybridized carbons (Fsp3) is 0.444. The summed E-state index contributed by atoms with van der Waals surface area (Å²) in [6, 6.07) is 5.52. The maximum Gasteiger partial charge on any atom is 0.250 e. The molecule has 7 heteroatoms. The van der Waals surface area contributed by atoms with E-state index in [9.17, 15) is 4.79 Å². The number of nitrogens with one attached hydrogen (secondary N) is 2. The molecule has 1 aromatic carbocycles. The lowest BCUT2D eigenvalue weighted by Gasteiger charge is -2.11. The number of aromatic nitrogens is 2. The Labute approximate surface area is 147 Å². The smallest absolute Gasteiger partial charge is 0.250 e. The van der Waals surface area contributed by atoms with Gasteiger partial charge in [-0.2, -0.15) is 5.10 Å². The van der Waals surface area contributed by atoms with Crippen LogP contribution in [0.25, 0.3) is 11.3 Å². The first-order valence-electron chi connectivity index (χ1n) is 8.08. The number of amides is 1. The van der Waals surface area contributed by atoms with Gasteiger partial charge in [-0.1, -0.05) is 13.8 Å². The van der Waals surface area contributed by atoms with E-state index in [0.717, 1.165) is 17.7 Å². The van der Waals surface area contributed by atoms with Crippen LogP contribution in [0.1, 0.15) is 19.5 Å². The predicted molar refractivity (Wildman–Crippen MR) is 96.2 cm³/mol. The lowest BCUT2D eigenvalue weighted by atomic mass is 10.0. The van der Waals surface area contributed by atoms with Crippen LogP contribution in [0.5, 0.6) is 11.5 Å². The Morgan fingerprint density at radius 1 is 1.20 bits per heavy atom. The number of hydrogen-bond donors (Lipinski definition) is 2. The average Bonchev–Trinajstić information content (AvgIpc) is 2.96. The molecule has 0 radical (unpaired) electrons. The van der Waals surface area contributed by atoms with Crippen molar-refractivity contribution in [3.05, 3.63) is 23.9 Å². The monoisotopic (exact) mass is 347 g/mol. The Morgan fingerprint density at radius 2 is 1.92 bits per heavy atom. The van der Waals surface area contributed by atoms with E-state index >= 15 is 0 Å². The van der Waals surface area contributed by atoms with Gasteiger partial charge in [-0.3, -0.25) is 9.89 Å². The van der Waals surface area contributed by atoms with Crippen LogP contribution in [-0.4, -0.2) is 44.0 Å². The second-order valence-electron chi connectivity index (χ2n) is 6.07. The molecule has 0 saturated carbocycles. The van der Waals surface area contributed by atoms with Crippen molar-refractivity contribution in [2.24, 2.45) is 5.92 Å². The van der Waals surface area contributed by atoms with Crippen molar-refractivity contribution < 1.29 is 19.0 Å². The molecular formula is C18H25N3O4. The molecule has 0 unspecified atom stereocenters. The van der Waals surface area contributed by atoms with E-state index in [1.54, 1.807) is 14.2 Å². The molecule has 1 heterocycles. The van der Waals surface area contributed by atoms with E-state index in [2.05, 4.69) is 29.4 Å². The number of ether oxygens (including phenoxy) is 3. The zero-order valence-electron chi connectivity index (χ0n) is 15.3. The standard InChI is InChI=1S/C18H25N3O4/c1-11(2)8-13-18(19-16(22)10-23-3)17(21-20-13)12-6-7-14(24-4)15(9-12)25-5/h6-7,9,11H,8,10H2,1-5H3,(H,19,22)(H,20,21). The van der Waals surface area contributed by atoms with Crippen LogP contribution in [0, 0.1) is 5.92 Å². The average molecular weight is 347 g/mol. The molecule has 0 saturated heterocycles. The molecule has 2 N–H and O–H groups in total. The molecule has 2 aromatic rings. The number of carbonyl (C=O) groups excluding carboxylic acids is 1. The van der Waals surface area contributed by atoms with Crippen LogP contribution in [-0.2, 0) is 16.0 Å². The fourth-order valence-corrected chi connectivity index (χ4v) is 2.57. The molecule has 25 heavy (non-hydrogen) atoms. The van der Waals surface area contributed by atoms with Crippen molar-refractivity contribution in [2.45, 2.75) is 20.3 Å². The molecule has 0 bridgehead atoms. The van der Waals surface area contributed by atoms with Crippen molar-refractivity contribution in [3.8, 4) is 22.8 Å². The topological polar surface area (TPSA) is 85.5 Å². The molecular weight excluding hydrogens is 322 g/mol. The van der Waals surface area contributed by atoms with Gasteiger partial charge in [-0.25, -0.2) is 0 Å². The van der Waals surface area contributed by atoms with E-state index < -0.39 is 0 Å². The van der Waals surface area contributed by atoms with Gasteiger partial charge >= 0.3 is 0 Å². The third kappa shape index (κ3) is 4.51. The van der Waals surface area contributed by atoms with Crippen molar-refractivity contribution in [1.29, 1.82) is 0 Å². The highest BCUT2D eigenvalue weighted by Gasteiger charge is 2.19. The number of aromatic amines is 1. The number of carbonyl (C=O) groups is 1. The molecule has 0 aliphatic carbocycles. The van der Waals surface area contributed by atoms with Gasteiger partial charge in [-0.15, -0.1) is 0 Å². The Hall–Kier alpha value is -2.54. The number of hydrogen-bond acceptors (Lipinski definition) is 5. The number of nitrogens with zero attached hydrogens (tertiary/aromatic N) is 1. The van der Waals surface area contributed by atoms with Crippen molar-refractivity contribution in [2.75, 3.05) is 33.3 Å². The van der Waals surface area contributed by atoms with Crippen molar-refractivity contribution in [1.82, 2.24) is 10.2 Å². The predicted octanol–water partition coefficient (Wildman–Crippen LogP) is 2.88. The van der Waals surface area contributed by atoms with Gasteiger partial charge in [0.1, 0.15) is 12.3 Å². The summed E-state index contributed by atoms with van der Waals surface area (Å²) in [4.78, 5) is 12.0. The van der Waals surface area contributed by atoms with Crippen LogP contribution >= 0.6 is 0 Å². The zero-order chi connectivity index (χ0) is 18.4. The summed E-state index contributed by atoms with van der Waals surface area (Å²) in [7, 11) is 4.65. The van der Waals surface area contributed by atoms with Crippen LogP contribution < -0.4 is 14.8 Å². The molecule has 2 rings (SSSR count). The highest BCUT2D eigenvalue weighted by molar-refractivity contribution is 5.96. The summed E-state index contributed by atoms with van der Waals surface area (Å²) < 4.78 is 15.5. The minimum Gasteiger partial charge on any atom is -0.493 e. The van der Waals surface area contributed by atoms with E-state index in [1.807, 2.05) is 18.2 Å². The summed E-state index contributed by atoms with van der Waals surface area (Å²) >= 11 is 0. The number of H-pyrrole nitrogens is 1. The number of benzene rings is 1. The molecule has 0 fully saturated rings. The largest absolute Gasteiger partial charge is 0.493 e. The number of methoxy groups -OCH3 is 3. The Morgan fingerprint density at radius 3 is 2.52 bits per heavy atom. The Kier molecular flexibility index (Phi) is 6.41. The maximum absolute atomic E-state index is 12.0. The second kappa shape index (κ2) is 8.53. The zero-order valence-corrected chi connectivity index (χ0v) is 15.3. The Balaban J connectivity index is 2.45. The van der Waals surface area contributed by atoms with Gasteiger partial charge in [0.15, 0.2) is 11.5 Å². The van der Waals surface area contributed by atoms with E-state index in [4.69, 9.17) is 14.2 Å². The lowest BCUT2D eigenvalue weighted by Crippen LogP contribution is -2.18. The van der Waals surface area contributed by atoms with Gasteiger partial charge in [0.05, 0.1) is 25.6 Å². The maximum atomic E-state index is 12.0. The first kappa shape index (κ1) is 18.8. The lowest BCUT2D eigenvalue weighted by molar-refractivity contribution is -0.119. The first-order valence-corrected chi connectivity index (χ1v) is 8.08. The number of anilines is 1. The van der Waals surface area contributed by atoms with Crippen LogP contribution in [0.15, 0.2) is 18.2 Å². The summed E-state index contributed by atoms with van der Waals surface area (Å²) in [5, 5.41) is 10.3. The normalized spacial score (nSPS) is 10.8. The third-order valence-electron chi connectivity index (χ3n) is 3.65. The van der Waals surface area contributed by atoms with Crippen LogP contribution in [0.2, 0.25) is 0 Å². The van der Waals surface area contributed by atoms with Crippen LogP contribution in [0.4, 0.5) is 5.69 Å². The highest BCUT2D eigenvalue weighted by Crippen LogP contribution is 2.36. The molecule has 136 valence electrons. The van der Waals surface area contributed by atoms with Gasteiger partial charge in [-0.05, 0) is 30.5 Å². The van der Waals surface area contributed by atoms with Crippen molar-refractivity contribution >= 4 is 11.6 Å². The highest BCUT2D eigenvalue weighted by atomic mass is 16.5. The Bertz CT molecular complexity index is 725. The quantitative estimate of drug-likeness (QED) is 0.767. The molecule has 0 atom stereocenters. The molecule has 0 aliphatic rings. The third-order valence-corrected chi connectivity index (χ3v) is 3.65. The van der Waals surface area contributed by atoms with Crippen molar-refractivity contribution in [3.63, 3.8) is 0 Å². The summed E-state index contributed by atoms with van der Waals surface area (Å²) in [5.41, 5.74) is 3.02.